The Morgan fingerprint density at radius 2 is 1.91 bits per heavy atom. The molecule has 0 radical (unpaired) electrons. The molecule has 1 fully saturated rings. The maximum absolute atomic E-state index is 11.6. The van der Waals surface area contributed by atoms with Gasteiger partial charge in [0.2, 0.25) is 0 Å². The third-order valence-corrected chi connectivity index (χ3v) is 2.21. The summed E-state index contributed by atoms with van der Waals surface area (Å²) in [5, 5.41) is 2.78. The van der Waals surface area contributed by atoms with Gasteiger partial charge in [-0.2, -0.15) is 0 Å². The summed E-state index contributed by atoms with van der Waals surface area (Å²) in [4.78, 5) is 0. The summed E-state index contributed by atoms with van der Waals surface area (Å²) in [6.07, 6.45) is 2.80. The van der Waals surface area contributed by atoms with E-state index >= 15 is 0 Å². The van der Waals surface area contributed by atoms with Gasteiger partial charge in [-0.3, -0.25) is 0 Å². The largest absolute Gasteiger partial charge is 0.311 e. The van der Waals surface area contributed by atoms with Crippen LogP contribution < -0.4 is 5.32 Å². The summed E-state index contributed by atoms with van der Waals surface area (Å²) < 4.78 is 23.3. The maximum Gasteiger partial charge on any atom is 0.250 e. The van der Waals surface area contributed by atoms with E-state index in [4.69, 9.17) is 0 Å². The lowest BCUT2D eigenvalue weighted by molar-refractivity contribution is 0.144. The predicted octanol–water partition coefficient (Wildman–Crippen LogP) is 2.03. The zero-order valence-corrected chi connectivity index (χ0v) is 6.65. The second-order valence-electron chi connectivity index (χ2n) is 3.20. The molecule has 0 atom stereocenters. The number of hydrogen-bond acceptors (Lipinski definition) is 1. The van der Waals surface area contributed by atoms with Crippen LogP contribution in [-0.2, 0) is 0 Å². The van der Waals surface area contributed by atoms with Crippen molar-refractivity contribution in [3.63, 3.8) is 0 Å². The highest BCUT2D eigenvalue weighted by Gasteiger charge is 2.14. The molecule has 66 valence electrons. The normalized spacial score (nSPS) is 19.9. The Balaban J connectivity index is 1.94. The van der Waals surface area contributed by atoms with Gasteiger partial charge in [0.15, 0.2) is 0 Å². The Labute approximate surface area is 66.2 Å². The first-order valence-electron chi connectivity index (χ1n) is 4.28. The van der Waals surface area contributed by atoms with E-state index in [-0.39, 0.29) is 6.54 Å². The molecule has 0 amide bonds. The van der Waals surface area contributed by atoms with Gasteiger partial charge in [-0.05, 0) is 25.3 Å². The van der Waals surface area contributed by atoms with Gasteiger partial charge in [-0.1, -0.05) is 12.8 Å². The van der Waals surface area contributed by atoms with E-state index in [0.29, 0.717) is 5.92 Å². The van der Waals surface area contributed by atoms with E-state index in [0.717, 1.165) is 6.54 Å². The molecule has 0 bridgehead atoms. The number of rotatable bonds is 4. The molecule has 1 N–H and O–H groups in total. The highest BCUT2D eigenvalue weighted by atomic mass is 19.3. The molecule has 1 saturated carbocycles. The molecule has 3 heteroatoms. The maximum atomic E-state index is 11.6. The SMILES string of the molecule is FC(F)CNCC1CCCC1. The molecule has 1 aliphatic carbocycles. The average Bonchev–Trinajstić information content (AvgIpc) is 2.39. The lowest BCUT2D eigenvalue weighted by Crippen LogP contribution is -2.26. The summed E-state index contributed by atoms with van der Waals surface area (Å²) in [6, 6.07) is 0. The Morgan fingerprint density at radius 1 is 1.27 bits per heavy atom. The van der Waals surface area contributed by atoms with Crippen LogP contribution in [0.3, 0.4) is 0 Å². The fourth-order valence-electron chi connectivity index (χ4n) is 1.61. The summed E-state index contributed by atoms with van der Waals surface area (Å²) in [7, 11) is 0. The van der Waals surface area contributed by atoms with E-state index in [9.17, 15) is 8.78 Å². The Morgan fingerprint density at radius 3 is 2.45 bits per heavy atom. The minimum absolute atomic E-state index is 0.142. The van der Waals surface area contributed by atoms with Crippen molar-refractivity contribution in [2.45, 2.75) is 32.1 Å². The fraction of sp³-hybridized carbons (Fsp3) is 1.00. The molecule has 1 nitrogen and oxygen atoms in total. The van der Waals surface area contributed by atoms with Gasteiger partial charge in [0.1, 0.15) is 0 Å². The quantitative estimate of drug-likeness (QED) is 0.668. The van der Waals surface area contributed by atoms with Crippen LogP contribution in [0.4, 0.5) is 8.78 Å². The predicted molar refractivity (Wildman–Crippen MR) is 40.8 cm³/mol. The molecule has 0 heterocycles. The highest BCUT2D eigenvalue weighted by molar-refractivity contribution is 4.69. The Kier molecular flexibility index (Phi) is 3.77. The summed E-state index contributed by atoms with van der Waals surface area (Å²) in [5.41, 5.74) is 0. The molecule has 1 rings (SSSR count). The monoisotopic (exact) mass is 163 g/mol. The lowest BCUT2D eigenvalue weighted by Gasteiger charge is -2.09. The third-order valence-electron chi connectivity index (χ3n) is 2.21. The van der Waals surface area contributed by atoms with Crippen LogP contribution in [0, 0.1) is 5.92 Å². The zero-order chi connectivity index (χ0) is 8.10. The van der Waals surface area contributed by atoms with Gasteiger partial charge in [0.05, 0.1) is 6.54 Å². The van der Waals surface area contributed by atoms with Gasteiger partial charge < -0.3 is 5.32 Å². The molecule has 0 aliphatic heterocycles. The molecule has 0 saturated heterocycles. The fourth-order valence-corrected chi connectivity index (χ4v) is 1.61. The molecular formula is C8H15F2N. The first kappa shape index (κ1) is 8.91. The van der Waals surface area contributed by atoms with Crippen LogP contribution in [0.5, 0.6) is 0 Å². The number of halogens is 2. The van der Waals surface area contributed by atoms with Crippen LogP contribution in [-0.4, -0.2) is 19.5 Å². The number of hydrogen-bond donors (Lipinski definition) is 1. The standard InChI is InChI=1S/C8H15F2N/c9-8(10)6-11-5-7-3-1-2-4-7/h7-8,11H,1-6H2. The van der Waals surface area contributed by atoms with E-state index < -0.39 is 6.43 Å². The average molecular weight is 163 g/mol. The molecule has 0 unspecified atom stereocenters. The number of nitrogens with one attached hydrogen (secondary N) is 1. The minimum Gasteiger partial charge on any atom is -0.311 e. The molecular weight excluding hydrogens is 148 g/mol. The zero-order valence-electron chi connectivity index (χ0n) is 6.65. The van der Waals surface area contributed by atoms with Crippen LogP contribution in [0.25, 0.3) is 0 Å². The first-order valence-corrected chi connectivity index (χ1v) is 4.28. The second kappa shape index (κ2) is 4.65. The molecule has 0 aromatic rings. The topological polar surface area (TPSA) is 12.0 Å². The van der Waals surface area contributed by atoms with Crippen molar-refractivity contribution in [3.05, 3.63) is 0 Å². The minimum atomic E-state index is -2.20. The Bertz CT molecular complexity index is 100. The summed E-state index contributed by atoms with van der Waals surface area (Å²) in [5.74, 6) is 0.661. The van der Waals surface area contributed by atoms with Crippen LogP contribution in [0.1, 0.15) is 25.7 Å². The molecule has 11 heavy (non-hydrogen) atoms. The van der Waals surface area contributed by atoms with Gasteiger partial charge in [-0.25, -0.2) is 8.78 Å². The first-order chi connectivity index (χ1) is 5.29. The third kappa shape index (κ3) is 3.65. The molecule has 1 aliphatic rings. The van der Waals surface area contributed by atoms with Crippen LogP contribution in [0.2, 0.25) is 0 Å². The Hall–Kier alpha value is -0.180. The molecule has 0 spiro atoms. The van der Waals surface area contributed by atoms with E-state index in [2.05, 4.69) is 5.32 Å². The van der Waals surface area contributed by atoms with E-state index in [1.807, 2.05) is 0 Å². The van der Waals surface area contributed by atoms with Crippen LogP contribution in [0.15, 0.2) is 0 Å². The summed E-state index contributed by atoms with van der Waals surface area (Å²) in [6.45, 7) is 0.640. The van der Waals surface area contributed by atoms with Crippen molar-refractivity contribution in [1.29, 1.82) is 0 Å². The second-order valence-corrected chi connectivity index (χ2v) is 3.20. The van der Waals surface area contributed by atoms with Gasteiger partial charge in [0, 0.05) is 0 Å². The lowest BCUT2D eigenvalue weighted by atomic mass is 10.1. The van der Waals surface area contributed by atoms with Crippen molar-refractivity contribution in [3.8, 4) is 0 Å². The van der Waals surface area contributed by atoms with Gasteiger partial charge >= 0.3 is 0 Å². The summed E-state index contributed by atoms with van der Waals surface area (Å²) >= 11 is 0. The van der Waals surface area contributed by atoms with Crippen LogP contribution >= 0.6 is 0 Å². The van der Waals surface area contributed by atoms with Crippen molar-refractivity contribution in [2.24, 2.45) is 5.92 Å². The van der Waals surface area contributed by atoms with E-state index in [1.165, 1.54) is 25.7 Å². The molecule has 0 aromatic heterocycles. The van der Waals surface area contributed by atoms with E-state index in [1.54, 1.807) is 0 Å². The van der Waals surface area contributed by atoms with Crippen molar-refractivity contribution in [2.75, 3.05) is 13.1 Å². The highest BCUT2D eigenvalue weighted by Crippen LogP contribution is 2.23. The smallest absolute Gasteiger partial charge is 0.250 e. The van der Waals surface area contributed by atoms with Crippen molar-refractivity contribution < 1.29 is 8.78 Å². The van der Waals surface area contributed by atoms with Gasteiger partial charge in [-0.15, -0.1) is 0 Å². The van der Waals surface area contributed by atoms with Crippen molar-refractivity contribution >= 4 is 0 Å². The van der Waals surface area contributed by atoms with Gasteiger partial charge in [0.25, 0.3) is 6.43 Å². The number of alkyl halides is 2. The molecule has 0 aromatic carbocycles. The van der Waals surface area contributed by atoms with Crippen molar-refractivity contribution in [1.82, 2.24) is 5.32 Å².